The van der Waals surface area contributed by atoms with Crippen LogP contribution in [0.2, 0.25) is 0 Å². The molecule has 7 heteroatoms. The van der Waals surface area contributed by atoms with Gasteiger partial charge in [0.05, 0.1) is 22.5 Å². The fourth-order valence-corrected chi connectivity index (χ4v) is 1.94. The number of hydrogen-bond donors (Lipinski definition) is 1. The summed E-state index contributed by atoms with van der Waals surface area (Å²) < 4.78 is 1.58. The second kappa shape index (κ2) is 6.25. The predicted molar refractivity (Wildman–Crippen MR) is 74.7 cm³/mol. The molecule has 0 saturated heterocycles. The van der Waals surface area contributed by atoms with Crippen molar-refractivity contribution in [1.29, 1.82) is 0 Å². The van der Waals surface area contributed by atoms with Crippen molar-refractivity contribution in [2.24, 2.45) is 5.73 Å². The van der Waals surface area contributed by atoms with Crippen LogP contribution >= 0.6 is 0 Å². The van der Waals surface area contributed by atoms with Gasteiger partial charge < -0.3 is 5.73 Å². The van der Waals surface area contributed by atoms with Crippen molar-refractivity contribution in [1.82, 2.24) is 15.0 Å². The molecule has 0 spiro atoms. The van der Waals surface area contributed by atoms with Crippen LogP contribution < -0.4 is 5.73 Å². The molecule has 0 amide bonds. The Morgan fingerprint density at radius 3 is 2.90 bits per heavy atom. The maximum Gasteiger partial charge on any atom is 0.271 e. The summed E-state index contributed by atoms with van der Waals surface area (Å²) >= 11 is 0. The number of nitro groups is 1. The van der Waals surface area contributed by atoms with Crippen LogP contribution in [-0.4, -0.2) is 26.5 Å². The first-order chi connectivity index (χ1) is 9.61. The third-order valence-electron chi connectivity index (χ3n) is 3.08. The molecule has 7 nitrogen and oxygen atoms in total. The van der Waals surface area contributed by atoms with Crippen LogP contribution in [0.25, 0.3) is 5.69 Å². The zero-order valence-corrected chi connectivity index (χ0v) is 11.3. The zero-order valence-electron chi connectivity index (χ0n) is 11.3. The summed E-state index contributed by atoms with van der Waals surface area (Å²) in [6, 6.07) is 4.70. The van der Waals surface area contributed by atoms with Gasteiger partial charge in [0, 0.05) is 12.1 Å². The number of aryl methyl sites for hydroxylation is 2. The van der Waals surface area contributed by atoms with Crippen LogP contribution in [0.15, 0.2) is 24.4 Å². The average Bonchev–Trinajstić information content (AvgIpc) is 2.88. The summed E-state index contributed by atoms with van der Waals surface area (Å²) in [6.45, 7) is 2.55. The van der Waals surface area contributed by atoms with Crippen molar-refractivity contribution in [3.63, 3.8) is 0 Å². The highest BCUT2D eigenvalue weighted by molar-refractivity contribution is 5.48. The lowest BCUT2D eigenvalue weighted by Crippen LogP contribution is -2.00. The van der Waals surface area contributed by atoms with Crippen LogP contribution in [-0.2, 0) is 6.42 Å². The fourth-order valence-electron chi connectivity index (χ4n) is 1.94. The van der Waals surface area contributed by atoms with E-state index in [4.69, 9.17) is 5.73 Å². The zero-order chi connectivity index (χ0) is 14.5. The quantitative estimate of drug-likeness (QED) is 0.492. The van der Waals surface area contributed by atoms with E-state index in [2.05, 4.69) is 10.3 Å². The van der Waals surface area contributed by atoms with Crippen molar-refractivity contribution in [2.45, 2.75) is 26.2 Å². The molecule has 1 aromatic heterocycles. The van der Waals surface area contributed by atoms with Gasteiger partial charge in [0.25, 0.3) is 5.69 Å². The first kappa shape index (κ1) is 14.1. The standard InChI is InChI=1S/C13H17N5O2/c1-10-5-6-12(18(19)20)8-13(10)17-9-11(15-16-17)4-2-3-7-14/h5-6,8-9H,2-4,7,14H2,1H3. The minimum Gasteiger partial charge on any atom is -0.330 e. The maximum atomic E-state index is 10.8. The summed E-state index contributed by atoms with van der Waals surface area (Å²) in [4.78, 5) is 10.4. The Morgan fingerprint density at radius 2 is 2.20 bits per heavy atom. The third kappa shape index (κ3) is 3.18. The highest BCUT2D eigenvalue weighted by Crippen LogP contribution is 2.20. The molecule has 0 atom stereocenters. The number of benzene rings is 1. The number of non-ortho nitro benzene ring substituents is 1. The van der Waals surface area contributed by atoms with E-state index in [0.717, 1.165) is 30.5 Å². The number of unbranched alkanes of at least 4 members (excludes halogenated alkanes) is 1. The molecule has 0 saturated carbocycles. The Morgan fingerprint density at radius 1 is 1.40 bits per heavy atom. The van der Waals surface area contributed by atoms with Crippen LogP contribution in [0, 0.1) is 17.0 Å². The second-order valence-corrected chi connectivity index (χ2v) is 4.63. The number of aromatic nitrogens is 3. The lowest BCUT2D eigenvalue weighted by molar-refractivity contribution is -0.384. The summed E-state index contributed by atoms with van der Waals surface area (Å²) in [7, 11) is 0. The molecule has 1 aromatic carbocycles. The van der Waals surface area contributed by atoms with Gasteiger partial charge in [0.2, 0.25) is 0 Å². The molecule has 1 heterocycles. The molecule has 0 aliphatic heterocycles. The first-order valence-electron chi connectivity index (χ1n) is 6.48. The van der Waals surface area contributed by atoms with E-state index >= 15 is 0 Å². The normalized spacial score (nSPS) is 10.7. The fraction of sp³-hybridized carbons (Fsp3) is 0.385. The van der Waals surface area contributed by atoms with Gasteiger partial charge in [-0.25, -0.2) is 4.68 Å². The lowest BCUT2D eigenvalue weighted by atomic mass is 10.2. The Balaban J connectivity index is 2.23. The van der Waals surface area contributed by atoms with Crippen LogP contribution in [0.4, 0.5) is 5.69 Å². The van der Waals surface area contributed by atoms with Gasteiger partial charge in [-0.1, -0.05) is 11.3 Å². The predicted octanol–water partition coefficient (Wildman–Crippen LogP) is 1.77. The van der Waals surface area contributed by atoms with Crippen molar-refractivity contribution in [3.05, 3.63) is 45.8 Å². The van der Waals surface area contributed by atoms with Gasteiger partial charge >= 0.3 is 0 Å². The molecule has 2 rings (SSSR count). The van der Waals surface area contributed by atoms with E-state index in [1.54, 1.807) is 10.7 Å². The smallest absolute Gasteiger partial charge is 0.271 e. The maximum absolute atomic E-state index is 10.8. The number of nitrogens with zero attached hydrogens (tertiary/aromatic N) is 4. The van der Waals surface area contributed by atoms with Crippen molar-refractivity contribution in [2.75, 3.05) is 6.54 Å². The third-order valence-corrected chi connectivity index (χ3v) is 3.08. The number of hydrogen-bond acceptors (Lipinski definition) is 5. The molecule has 2 N–H and O–H groups in total. The highest BCUT2D eigenvalue weighted by atomic mass is 16.6. The van der Waals surface area contributed by atoms with Gasteiger partial charge in [-0.05, 0) is 38.3 Å². The summed E-state index contributed by atoms with van der Waals surface area (Å²) in [6.07, 6.45) is 4.53. The molecule has 0 radical (unpaired) electrons. The monoisotopic (exact) mass is 275 g/mol. The van der Waals surface area contributed by atoms with Gasteiger partial charge in [-0.15, -0.1) is 5.10 Å². The number of rotatable bonds is 6. The van der Waals surface area contributed by atoms with Crippen molar-refractivity contribution in [3.8, 4) is 5.69 Å². The Labute approximate surface area is 116 Å². The van der Waals surface area contributed by atoms with E-state index < -0.39 is 4.92 Å². The van der Waals surface area contributed by atoms with E-state index in [9.17, 15) is 10.1 Å². The SMILES string of the molecule is Cc1ccc([N+](=O)[O-])cc1-n1cc(CCCCN)nn1. The molecule has 0 fully saturated rings. The van der Waals surface area contributed by atoms with E-state index in [0.29, 0.717) is 12.2 Å². The van der Waals surface area contributed by atoms with E-state index in [-0.39, 0.29) is 5.69 Å². The highest BCUT2D eigenvalue weighted by Gasteiger charge is 2.11. The molecular weight excluding hydrogens is 258 g/mol. The van der Waals surface area contributed by atoms with Crippen LogP contribution in [0.3, 0.4) is 0 Å². The van der Waals surface area contributed by atoms with E-state index in [1.807, 2.05) is 13.1 Å². The van der Waals surface area contributed by atoms with Crippen molar-refractivity contribution < 1.29 is 4.92 Å². The Kier molecular flexibility index (Phi) is 4.41. The minimum atomic E-state index is -0.415. The molecule has 106 valence electrons. The average molecular weight is 275 g/mol. The summed E-state index contributed by atoms with van der Waals surface area (Å²) in [5.74, 6) is 0. The minimum absolute atomic E-state index is 0.0470. The molecular formula is C13H17N5O2. The largest absolute Gasteiger partial charge is 0.330 e. The topological polar surface area (TPSA) is 99.9 Å². The van der Waals surface area contributed by atoms with Gasteiger partial charge in [-0.3, -0.25) is 10.1 Å². The summed E-state index contributed by atoms with van der Waals surface area (Å²) in [5, 5.41) is 18.9. The molecule has 0 bridgehead atoms. The number of nitrogens with two attached hydrogens (primary N) is 1. The molecule has 0 aliphatic carbocycles. The molecule has 0 unspecified atom stereocenters. The molecule has 0 aliphatic rings. The van der Waals surface area contributed by atoms with Gasteiger partial charge in [-0.2, -0.15) is 0 Å². The van der Waals surface area contributed by atoms with E-state index in [1.165, 1.54) is 12.1 Å². The molecule has 20 heavy (non-hydrogen) atoms. The first-order valence-corrected chi connectivity index (χ1v) is 6.48. The van der Waals surface area contributed by atoms with Gasteiger partial charge in [0.15, 0.2) is 0 Å². The Bertz CT molecular complexity index is 609. The van der Waals surface area contributed by atoms with Crippen LogP contribution in [0.1, 0.15) is 24.1 Å². The van der Waals surface area contributed by atoms with Crippen molar-refractivity contribution >= 4 is 5.69 Å². The van der Waals surface area contributed by atoms with Crippen LogP contribution in [0.5, 0.6) is 0 Å². The lowest BCUT2D eigenvalue weighted by Gasteiger charge is -2.04. The molecule has 2 aromatic rings. The Hall–Kier alpha value is -2.28. The van der Waals surface area contributed by atoms with Gasteiger partial charge in [0.1, 0.15) is 0 Å². The number of nitro benzene ring substituents is 1. The second-order valence-electron chi connectivity index (χ2n) is 4.63. The summed E-state index contributed by atoms with van der Waals surface area (Å²) in [5.41, 5.74) is 7.95.